The van der Waals surface area contributed by atoms with Gasteiger partial charge in [-0.15, -0.1) is 0 Å². The van der Waals surface area contributed by atoms with E-state index in [4.69, 9.17) is 4.42 Å². The number of hydrogen-bond donors (Lipinski definition) is 2. The first kappa shape index (κ1) is 14.0. The summed E-state index contributed by atoms with van der Waals surface area (Å²) in [5.74, 6) is 0.946. The highest BCUT2D eigenvalue weighted by Crippen LogP contribution is 2.07. The van der Waals surface area contributed by atoms with Crippen molar-refractivity contribution in [2.75, 3.05) is 5.32 Å². The molecule has 0 aliphatic heterocycles. The molecule has 1 amide bonds. The molecule has 0 aliphatic carbocycles. The van der Waals surface area contributed by atoms with Crippen LogP contribution in [0.1, 0.15) is 37.0 Å². The first-order valence-electron chi connectivity index (χ1n) is 6.36. The van der Waals surface area contributed by atoms with E-state index in [2.05, 4.69) is 20.6 Å². The molecule has 2 aromatic heterocycles. The molecule has 2 rings (SSSR count). The molecule has 6 heteroatoms. The molecule has 2 heterocycles. The van der Waals surface area contributed by atoms with Crippen LogP contribution in [0.3, 0.4) is 0 Å². The molecule has 0 fully saturated rings. The van der Waals surface area contributed by atoms with Crippen LogP contribution in [0.15, 0.2) is 35.1 Å². The highest BCUT2D eigenvalue weighted by Gasteiger charge is 2.16. The molecule has 0 unspecified atom stereocenters. The van der Waals surface area contributed by atoms with Gasteiger partial charge >= 0.3 is 0 Å². The molecule has 6 nitrogen and oxygen atoms in total. The van der Waals surface area contributed by atoms with E-state index in [0.29, 0.717) is 18.2 Å². The summed E-state index contributed by atoms with van der Waals surface area (Å²) >= 11 is 0. The van der Waals surface area contributed by atoms with Crippen LogP contribution in [0.2, 0.25) is 0 Å². The smallest absolute Gasteiger partial charge is 0.270 e. The lowest BCUT2D eigenvalue weighted by Crippen LogP contribution is -2.41. The van der Waals surface area contributed by atoms with Gasteiger partial charge < -0.3 is 15.1 Å². The van der Waals surface area contributed by atoms with Gasteiger partial charge in [-0.1, -0.05) is 0 Å². The van der Waals surface area contributed by atoms with Gasteiger partial charge in [0.2, 0.25) is 5.95 Å². The van der Waals surface area contributed by atoms with Crippen LogP contribution in [0, 0.1) is 0 Å². The Kier molecular flexibility index (Phi) is 4.02. The summed E-state index contributed by atoms with van der Waals surface area (Å²) in [7, 11) is 0. The van der Waals surface area contributed by atoms with Crippen LogP contribution in [-0.4, -0.2) is 21.4 Å². The maximum Gasteiger partial charge on any atom is 0.270 e. The minimum absolute atomic E-state index is 0.221. The molecular weight excluding hydrogens is 256 g/mol. The van der Waals surface area contributed by atoms with Crippen molar-refractivity contribution < 1.29 is 9.21 Å². The van der Waals surface area contributed by atoms with Crippen LogP contribution in [0.25, 0.3) is 0 Å². The Morgan fingerprint density at radius 2 is 2.15 bits per heavy atom. The largest absolute Gasteiger partial charge is 0.467 e. The number of furan rings is 1. The second kappa shape index (κ2) is 5.73. The molecule has 106 valence electrons. The van der Waals surface area contributed by atoms with Crippen molar-refractivity contribution in [3.63, 3.8) is 0 Å². The van der Waals surface area contributed by atoms with Crippen LogP contribution < -0.4 is 10.6 Å². The average molecular weight is 274 g/mol. The minimum atomic E-state index is -0.302. The second-order valence-corrected chi connectivity index (χ2v) is 5.40. The monoisotopic (exact) mass is 274 g/mol. The Balaban J connectivity index is 2.02. The van der Waals surface area contributed by atoms with E-state index in [9.17, 15) is 4.79 Å². The Morgan fingerprint density at radius 1 is 1.35 bits per heavy atom. The van der Waals surface area contributed by atoms with E-state index in [-0.39, 0.29) is 11.4 Å². The van der Waals surface area contributed by atoms with E-state index in [1.165, 1.54) is 0 Å². The predicted molar refractivity (Wildman–Crippen MR) is 75.3 cm³/mol. The van der Waals surface area contributed by atoms with Gasteiger partial charge in [-0.3, -0.25) is 4.79 Å². The number of carbonyl (C=O) groups is 1. The van der Waals surface area contributed by atoms with E-state index in [1.54, 1.807) is 18.5 Å². The van der Waals surface area contributed by atoms with Crippen molar-refractivity contribution in [1.29, 1.82) is 0 Å². The van der Waals surface area contributed by atoms with Crippen molar-refractivity contribution in [1.82, 2.24) is 15.3 Å². The summed E-state index contributed by atoms with van der Waals surface area (Å²) < 4.78 is 5.20. The predicted octanol–water partition coefficient (Wildman–Crippen LogP) is 2.21. The molecule has 0 radical (unpaired) electrons. The first-order chi connectivity index (χ1) is 9.44. The maximum atomic E-state index is 12.0. The number of anilines is 1. The lowest BCUT2D eigenvalue weighted by molar-refractivity contribution is 0.0914. The Hall–Kier alpha value is -2.37. The van der Waals surface area contributed by atoms with E-state index < -0.39 is 0 Å². The lowest BCUT2D eigenvalue weighted by atomic mass is 10.1. The summed E-state index contributed by atoms with van der Waals surface area (Å²) in [6.45, 7) is 6.23. The summed E-state index contributed by atoms with van der Waals surface area (Å²) in [5.41, 5.74) is 0.0286. The standard InChI is InChI=1S/C14H18N4O2/c1-14(2,3)18-12(19)11-6-7-15-13(17-11)16-9-10-5-4-8-20-10/h4-8H,9H2,1-3H3,(H,18,19)(H,15,16,17). The number of carbonyl (C=O) groups excluding carboxylic acids is 1. The van der Waals surface area contributed by atoms with Crippen LogP contribution in [-0.2, 0) is 6.54 Å². The summed E-state index contributed by atoms with van der Waals surface area (Å²) in [5, 5.41) is 5.87. The van der Waals surface area contributed by atoms with Crippen molar-refractivity contribution >= 4 is 11.9 Å². The third kappa shape index (κ3) is 4.08. The molecule has 0 spiro atoms. The van der Waals surface area contributed by atoms with E-state index in [0.717, 1.165) is 5.76 Å². The lowest BCUT2D eigenvalue weighted by Gasteiger charge is -2.20. The maximum absolute atomic E-state index is 12.0. The van der Waals surface area contributed by atoms with Crippen molar-refractivity contribution in [3.8, 4) is 0 Å². The fraction of sp³-hybridized carbons (Fsp3) is 0.357. The Labute approximate surface area is 117 Å². The number of amides is 1. The molecule has 0 saturated heterocycles. The Bertz CT molecular complexity index is 573. The SMILES string of the molecule is CC(C)(C)NC(=O)c1ccnc(NCc2ccco2)n1. The Morgan fingerprint density at radius 3 is 2.80 bits per heavy atom. The fourth-order valence-electron chi connectivity index (χ4n) is 1.55. The molecule has 0 aliphatic rings. The second-order valence-electron chi connectivity index (χ2n) is 5.40. The van der Waals surface area contributed by atoms with Crippen LogP contribution >= 0.6 is 0 Å². The number of aromatic nitrogens is 2. The zero-order valence-electron chi connectivity index (χ0n) is 11.8. The van der Waals surface area contributed by atoms with Crippen LogP contribution in [0.5, 0.6) is 0 Å². The molecule has 2 aromatic rings. The molecule has 0 aromatic carbocycles. The van der Waals surface area contributed by atoms with Gasteiger partial charge in [-0.25, -0.2) is 9.97 Å². The van der Waals surface area contributed by atoms with Gasteiger partial charge in [-0.2, -0.15) is 0 Å². The highest BCUT2D eigenvalue weighted by molar-refractivity contribution is 5.92. The van der Waals surface area contributed by atoms with Gasteiger partial charge in [0.1, 0.15) is 11.5 Å². The zero-order chi connectivity index (χ0) is 14.6. The van der Waals surface area contributed by atoms with E-state index in [1.807, 2.05) is 32.9 Å². The van der Waals surface area contributed by atoms with Gasteiger partial charge in [0, 0.05) is 11.7 Å². The van der Waals surface area contributed by atoms with Gasteiger partial charge in [0.15, 0.2) is 0 Å². The first-order valence-corrected chi connectivity index (χ1v) is 6.36. The highest BCUT2D eigenvalue weighted by atomic mass is 16.3. The van der Waals surface area contributed by atoms with Crippen molar-refractivity contribution in [3.05, 3.63) is 42.1 Å². The van der Waals surface area contributed by atoms with Crippen LogP contribution in [0.4, 0.5) is 5.95 Å². The fourth-order valence-corrected chi connectivity index (χ4v) is 1.55. The minimum Gasteiger partial charge on any atom is -0.467 e. The molecule has 0 saturated carbocycles. The number of nitrogens with zero attached hydrogens (tertiary/aromatic N) is 2. The van der Waals surface area contributed by atoms with Crippen molar-refractivity contribution in [2.45, 2.75) is 32.9 Å². The molecule has 0 atom stereocenters. The normalized spacial score (nSPS) is 11.2. The quantitative estimate of drug-likeness (QED) is 0.893. The molecular formula is C14H18N4O2. The van der Waals surface area contributed by atoms with Gasteiger partial charge in [0.05, 0.1) is 12.8 Å². The summed E-state index contributed by atoms with van der Waals surface area (Å²) in [6.07, 6.45) is 3.15. The number of hydrogen-bond acceptors (Lipinski definition) is 5. The topological polar surface area (TPSA) is 80.0 Å². The van der Waals surface area contributed by atoms with Crippen molar-refractivity contribution in [2.24, 2.45) is 0 Å². The summed E-state index contributed by atoms with van der Waals surface area (Å²) in [6, 6.07) is 5.24. The average Bonchev–Trinajstić information content (AvgIpc) is 2.88. The third-order valence-corrected chi connectivity index (χ3v) is 2.38. The van der Waals surface area contributed by atoms with Gasteiger partial charge in [0.25, 0.3) is 5.91 Å². The molecule has 2 N–H and O–H groups in total. The number of rotatable bonds is 4. The zero-order valence-corrected chi connectivity index (χ0v) is 11.8. The summed E-state index contributed by atoms with van der Waals surface area (Å²) in [4.78, 5) is 20.3. The molecule has 20 heavy (non-hydrogen) atoms. The third-order valence-electron chi connectivity index (χ3n) is 2.38. The van der Waals surface area contributed by atoms with Gasteiger partial charge in [-0.05, 0) is 39.0 Å². The van der Waals surface area contributed by atoms with E-state index >= 15 is 0 Å². The number of nitrogens with one attached hydrogen (secondary N) is 2. The molecule has 0 bridgehead atoms.